The summed E-state index contributed by atoms with van der Waals surface area (Å²) in [6.07, 6.45) is 1.55. The molecule has 0 atom stereocenters. The Hall–Kier alpha value is -3.44. The molecule has 0 saturated carbocycles. The first-order valence-corrected chi connectivity index (χ1v) is 10.2. The second kappa shape index (κ2) is 8.50. The van der Waals surface area contributed by atoms with Gasteiger partial charge in [0.1, 0.15) is 5.75 Å². The number of nitrogens with zero attached hydrogens (tertiary/aromatic N) is 2. The maximum atomic E-state index is 12.2. The van der Waals surface area contributed by atoms with Gasteiger partial charge in [-0.25, -0.2) is 13.4 Å². The van der Waals surface area contributed by atoms with Crippen LogP contribution in [0.3, 0.4) is 0 Å². The van der Waals surface area contributed by atoms with Crippen LogP contribution >= 0.6 is 0 Å². The quantitative estimate of drug-likeness (QED) is 0.657. The third-order valence-corrected chi connectivity index (χ3v) is 5.34. The van der Waals surface area contributed by atoms with E-state index >= 15 is 0 Å². The van der Waals surface area contributed by atoms with Gasteiger partial charge in [0.25, 0.3) is 0 Å². The van der Waals surface area contributed by atoms with Gasteiger partial charge in [0, 0.05) is 5.56 Å². The van der Waals surface area contributed by atoms with Crippen LogP contribution in [-0.2, 0) is 26.9 Å². The number of sulfone groups is 1. The van der Waals surface area contributed by atoms with Crippen molar-refractivity contribution in [1.29, 1.82) is 5.26 Å². The van der Waals surface area contributed by atoms with Crippen molar-refractivity contribution in [3.63, 3.8) is 0 Å². The predicted octanol–water partition coefficient (Wildman–Crippen LogP) is 2.44. The third-order valence-electron chi connectivity index (χ3n) is 3.87. The lowest BCUT2D eigenvalue weighted by Crippen LogP contribution is -2.30. The number of aromatic nitrogens is 1. The molecule has 0 unspecified atom stereocenters. The Morgan fingerprint density at radius 2 is 1.82 bits per heavy atom. The molecule has 0 saturated heterocycles. The molecule has 1 amide bonds. The number of hydrogen-bond acceptors (Lipinski definition) is 6. The molecule has 1 N–H and O–H groups in total. The Morgan fingerprint density at radius 3 is 2.50 bits per heavy atom. The summed E-state index contributed by atoms with van der Waals surface area (Å²) < 4.78 is 30.0. The van der Waals surface area contributed by atoms with Crippen molar-refractivity contribution in [3.05, 3.63) is 77.8 Å². The lowest BCUT2D eigenvalue weighted by molar-refractivity contribution is -0.118. The molecular formula is C20H17N3O4S. The zero-order valence-electron chi connectivity index (χ0n) is 14.8. The Labute approximate surface area is 162 Å². The molecule has 0 spiro atoms. The highest BCUT2D eigenvalue weighted by Gasteiger charge is 2.18. The van der Waals surface area contributed by atoms with Crippen LogP contribution in [0.5, 0.6) is 0 Å². The lowest BCUT2D eigenvalue weighted by atomic mass is 10.2. The van der Waals surface area contributed by atoms with E-state index in [4.69, 9.17) is 9.68 Å². The smallest absolute Gasteiger partial charge is 0.235 e. The highest BCUT2D eigenvalue weighted by atomic mass is 32.2. The molecule has 7 nitrogen and oxygen atoms in total. The van der Waals surface area contributed by atoms with Crippen molar-refractivity contribution in [3.8, 4) is 17.4 Å². The van der Waals surface area contributed by atoms with Gasteiger partial charge in [-0.3, -0.25) is 4.79 Å². The van der Waals surface area contributed by atoms with Gasteiger partial charge in [-0.15, -0.1) is 0 Å². The number of nitriles is 1. The molecule has 142 valence electrons. The molecule has 1 aromatic heterocycles. The van der Waals surface area contributed by atoms with Gasteiger partial charge in [-0.2, -0.15) is 5.26 Å². The van der Waals surface area contributed by atoms with Gasteiger partial charge in [-0.1, -0.05) is 42.5 Å². The number of oxazole rings is 1. The van der Waals surface area contributed by atoms with Gasteiger partial charge >= 0.3 is 0 Å². The summed E-state index contributed by atoms with van der Waals surface area (Å²) in [6.45, 7) is -0.00193. The molecule has 1 heterocycles. The van der Waals surface area contributed by atoms with Gasteiger partial charge in [0.05, 0.1) is 30.1 Å². The summed E-state index contributed by atoms with van der Waals surface area (Å²) in [4.78, 5) is 16.1. The van der Waals surface area contributed by atoms with Crippen LogP contribution in [0.1, 0.15) is 17.0 Å². The number of carbonyl (C=O) groups is 1. The van der Waals surface area contributed by atoms with Crippen LogP contribution in [0.4, 0.5) is 0 Å². The fraction of sp³-hybridized carbons (Fsp3) is 0.150. The standard InChI is InChI=1S/C20H17N3O4S/c21-10-15-6-8-16(9-7-15)13-28(25,26)14-19(24)22-12-20-23-11-18(27-20)17-4-2-1-3-5-17/h1-9,11H,12-14H2,(H,22,24). The van der Waals surface area contributed by atoms with E-state index in [2.05, 4.69) is 10.3 Å². The van der Waals surface area contributed by atoms with E-state index in [0.717, 1.165) is 5.56 Å². The summed E-state index contributed by atoms with van der Waals surface area (Å²) in [6, 6.07) is 17.5. The highest BCUT2D eigenvalue weighted by molar-refractivity contribution is 7.91. The van der Waals surface area contributed by atoms with E-state index in [1.165, 1.54) is 12.1 Å². The minimum Gasteiger partial charge on any atom is -0.439 e. The fourth-order valence-electron chi connectivity index (χ4n) is 2.53. The SMILES string of the molecule is N#Cc1ccc(CS(=O)(=O)CC(=O)NCc2ncc(-c3ccccc3)o2)cc1. The molecule has 0 fully saturated rings. The average Bonchev–Trinajstić information content (AvgIpc) is 3.16. The molecule has 0 aliphatic rings. The minimum absolute atomic E-state index is 0.00193. The van der Waals surface area contributed by atoms with Crippen molar-refractivity contribution in [2.45, 2.75) is 12.3 Å². The van der Waals surface area contributed by atoms with Crippen LogP contribution < -0.4 is 5.32 Å². The average molecular weight is 395 g/mol. The molecule has 2 aromatic carbocycles. The predicted molar refractivity (Wildman–Crippen MR) is 102 cm³/mol. The van der Waals surface area contributed by atoms with E-state index in [1.807, 2.05) is 36.4 Å². The van der Waals surface area contributed by atoms with Crippen LogP contribution in [0, 0.1) is 11.3 Å². The van der Waals surface area contributed by atoms with Gasteiger partial charge < -0.3 is 9.73 Å². The van der Waals surface area contributed by atoms with E-state index < -0.39 is 21.5 Å². The number of amides is 1. The highest BCUT2D eigenvalue weighted by Crippen LogP contribution is 2.19. The second-order valence-electron chi connectivity index (χ2n) is 6.10. The number of nitrogens with one attached hydrogen (secondary N) is 1. The zero-order valence-corrected chi connectivity index (χ0v) is 15.6. The minimum atomic E-state index is -3.64. The Bertz CT molecular complexity index is 1100. The van der Waals surface area contributed by atoms with Crippen molar-refractivity contribution < 1.29 is 17.6 Å². The molecule has 3 aromatic rings. The number of rotatable bonds is 7. The van der Waals surface area contributed by atoms with Crippen LogP contribution in [0.15, 0.2) is 65.2 Å². The summed E-state index contributed by atoms with van der Waals surface area (Å²) in [5.74, 6) is -0.689. The first kappa shape index (κ1) is 19.3. The Morgan fingerprint density at radius 1 is 1.11 bits per heavy atom. The van der Waals surface area contributed by atoms with E-state index in [-0.39, 0.29) is 18.2 Å². The zero-order chi connectivity index (χ0) is 20.0. The first-order chi connectivity index (χ1) is 13.4. The first-order valence-electron chi connectivity index (χ1n) is 8.41. The molecule has 0 radical (unpaired) electrons. The topological polar surface area (TPSA) is 113 Å². The van der Waals surface area contributed by atoms with E-state index in [0.29, 0.717) is 16.9 Å². The Kier molecular flexibility index (Phi) is 5.87. The third kappa shape index (κ3) is 5.28. The number of hydrogen-bond donors (Lipinski definition) is 1. The molecular weight excluding hydrogens is 378 g/mol. The normalized spacial score (nSPS) is 11.0. The van der Waals surface area contributed by atoms with E-state index in [9.17, 15) is 13.2 Å². The number of benzene rings is 2. The summed E-state index contributed by atoms with van der Waals surface area (Å²) >= 11 is 0. The van der Waals surface area contributed by atoms with Crippen LogP contribution in [0.25, 0.3) is 11.3 Å². The molecule has 0 aliphatic heterocycles. The summed E-state index contributed by atoms with van der Waals surface area (Å²) in [7, 11) is -3.64. The van der Waals surface area contributed by atoms with Crippen molar-refractivity contribution in [2.75, 3.05) is 5.75 Å². The maximum Gasteiger partial charge on any atom is 0.235 e. The lowest BCUT2D eigenvalue weighted by Gasteiger charge is -2.05. The van der Waals surface area contributed by atoms with Gasteiger partial charge in [0.15, 0.2) is 15.6 Å². The largest absolute Gasteiger partial charge is 0.439 e. The number of carbonyl (C=O) groups excluding carboxylic acids is 1. The summed E-state index contributed by atoms with van der Waals surface area (Å²) in [5.41, 5.74) is 1.82. The van der Waals surface area contributed by atoms with Gasteiger partial charge in [-0.05, 0) is 17.7 Å². The summed E-state index contributed by atoms with van der Waals surface area (Å²) in [5, 5.41) is 11.3. The van der Waals surface area contributed by atoms with Crippen molar-refractivity contribution in [2.24, 2.45) is 0 Å². The van der Waals surface area contributed by atoms with Crippen LogP contribution in [0.2, 0.25) is 0 Å². The van der Waals surface area contributed by atoms with Crippen molar-refractivity contribution in [1.82, 2.24) is 10.3 Å². The molecule has 28 heavy (non-hydrogen) atoms. The molecule has 0 bridgehead atoms. The molecule has 3 rings (SSSR count). The molecule has 8 heteroatoms. The monoisotopic (exact) mass is 395 g/mol. The van der Waals surface area contributed by atoms with Gasteiger partial charge in [0.2, 0.25) is 11.8 Å². The molecule has 0 aliphatic carbocycles. The Balaban J connectivity index is 1.53. The second-order valence-corrected chi connectivity index (χ2v) is 8.17. The van der Waals surface area contributed by atoms with E-state index in [1.54, 1.807) is 18.3 Å². The fourth-order valence-corrected chi connectivity index (χ4v) is 3.84. The van der Waals surface area contributed by atoms with Crippen molar-refractivity contribution >= 4 is 15.7 Å². The maximum absolute atomic E-state index is 12.2. The van der Waals surface area contributed by atoms with Crippen LogP contribution in [-0.4, -0.2) is 25.1 Å².